The molecule has 0 aliphatic rings. The van der Waals surface area contributed by atoms with Gasteiger partial charge in [-0.2, -0.15) is 5.26 Å². The van der Waals surface area contributed by atoms with Crippen LogP contribution in [-0.2, 0) is 9.53 Å². The van der Waals surface area contributed by atoms with Crippen molar-refractivity contribution >= 4 is 22.8 Å². The molecule has 0 aliphatic carbocycles. The summed E-state index contributed by atoms with van der Waals surface area (Å²) in [6.45, 7) is 1.75. The Balaban J connectivity index is 1.94. The van der Waals surface area contributed by atoms with Crippen LogP contribution in [0.4, 0.5) is 0 Å². The molecule has 3 rings (SSSR count). The molecule has 6 nitrogen and oxygen atoms in total. The van der Waals surface area contributed by atoms with Crippen LogP contribution in [-0.4, -0.2) is 42.0 Å². The molecule has 0 N–H and O–H groups in total. The monoisotopic (exact) mass is 387 g/mol. The number of hydrogen-bond acceptors (Lipinski definition) is 5. The van der Waals surface area contributed by atoms with Gasteiger partial charge in [-0.25, -0.2) is 9.78 Å². The van der Waals surface area contributed by atoms with Crippen molar-refractivity contribution in [2.24, 2.45) is 0 Å². The van der Waals surface area contributed by atoms with Gasteiger partial charge in [0.2, 0.25) is 0 Å². The molecule has 0 fully saturated rings. The van der Waals surface area contributed by atoms with Crippen molar-refractivity contribution in [3.63, 3.8) is 0 Å². The van der Waals surface area contributed by atoms with E-state index in [1.807, 2.05) is 67.6 Å². The summed E-state index contributed by atoms with van der Waals surface area (Å²) in [5.41, 5.74) is 3.39. The molecule has 0 spiro atoms. The van der Waals surface area contributed by atoms with Crippen LogP contribution in [0, 0.1) is 18.3 Å². The Morgan fingerprint density at radius 3 is 2.52 bits per heavy atom. The Morgan fingerprint density at radius 1 is 1.10 bits per heavy atom. The molecule has 146 valence electrons. The fraction of sp³-hybridized carbons (Fsp3) is 0.217. The number of ether oxygens (including phenoxy) is 1. The van der Waals surface area contributed by atoms with E-state index in [0.717, 1.165) is 5.56 Å². The molecule has 0 saturated carbocycles. The Morgan fingerprint density at radius 2 is 1.79 bits per heavy atom. The van der Waals surface area contributed by atoms with Crippen LogP contribution in [0.15, 0.2) is 54.6 Å². The highest BCUT2D eigenvalue weighted by atomic mass is 16.5. The van der Waals surface area contributed by atoms with Gasteiger partial charge in [-0.3, -0.25) is 4.79 Å². The van der Waals surface area contributed by atoms with Crippen LogP contribution < -0.4 is 0 Å². The number of nitrogens with zero attached hydrogens (tertiary/aromatic N) is 3. The standard InChI is InChI=1S/C23H21N3O3/c1-16-21(23(28)29-15-20(27)26(2)14-8-13-24)18-11-6-7-12-19(18)25-22(16)17-9-4-3-5-10-17/h3-7,9-12H,8,14-15H2,1-2H3. The Hall–Kier alpha value is -3.72. The number of likely N-dealkylation sites (N-methyl/N-ethyl adjacent to an activating group) is 1. The van der Waals surface area contributed by atoms with Gasteiger partial charge in [-0.1, -0.05) is 48.5 Å². The Bertz CT molecular complexity index is 1090. The van der Waals surface area contributed by atoms with Crippen molar-refractivity contribution in [3.05, 3.63) is 65.7 Å². The second-order valence-corrected chi connectivity index (χ2v) is 6.64. The molecule has 6 heteroatoms. The lowest BCUT2D eigenvalue weighted by Gasteiger charge is -2.17. The van der Waals surface area contributed by atoms with E-state index < -0.39 is 5.97 Å². The third kappa shape index (κ3) is 4.41. The molecule has 1 amide bonds. The van der Waals surface area contributed by atoms with E-state index in [9.17, 15) is 9.59 Å². The van der Waals surface area contributed by atoms with Crippen LogP contribution in [0.1, 0.15) is 22.3 Å². The minimum Gasteiger partial charge on any atom is -0.452 e. The fourth-order valence-electron chi connectivity index (χ4n) is 3.10. The molecule has 0 bridgehead atoms. The third-order valence-electron chi connectivity index (χ3n) is 4.70. The van der Waals surface area contributed by atoms with Crippen molar-refractivity contribution in [1.29, 1.82) is 5.26 Å². The van der Waals surface area contributed by atoms with E-state index in [2.05, 4.69) is 0 Å². The first-order chi connectivity index (χ1) is 14.0. The number of aromatic nitrogens is 1. The van der Waals surface area contributed by atoms with Crippen molar-refractivity contribution in [1.82, 2.24) is 9.88 Å². The predicted molar refractivity (Wildman–Crippen MR) is 110 cm³/mol. The largest absolute Gasteiger partial charge is 0.452 e. The van der Waals surface area contributed by atoms with Crippen LogP contribution >= 0.6 is 0 Å². The van der Waals surface area contributed by atoms with Crippen LogP contribution in [0.25, 0.3) is 22.2 Å². The number of carbonyl (C=O) groups is 2. The SMILES string of the molecule is Cc1c(-c2ccccc2)nc2ccccc2c1C(=O)OCC(=O)N(C)CCC#N. The molecule has 29 heavy (non-hydrogen) atoms. The summed E-state index contributed by atoms with van der Waals surface area (Å²) in [7, 11) is 1.58. The number of carbonyl (C=O) groups excluding carboxylic acids is 2. The van der Waals surface area contributed by atoms with E-state index in [1.54, 1.807) is 7.05 Å². The third-order valence-corrected chi connectivity index (χ3v) is 4.70. The quantitative estimate of drug-likeness (QED) is 0.602. The maximum atomic E-state index is 12.9. The number of nitriles is 1. The summed E-state index contributed by atoms with van der Waals surface area (Å²) in [4.78, 5) is 31.2. The number of hydrogen-bond donors (Lipinski definition) is 0. The van der Waals surface area contributed by atoms with Gasteiger partial charge in [0.05, 0.1) is 29.3 Å². The predicted octanol–water partition coefficient (Wildman–Crippen LogP) is 3.74. The zero-order valence-corrected chi connectivity index (χ0v) is 16.4. The number of para-hydroxylation sites is 1. The van der Waals surface area contributed by atoms with E-state index in [-0.39, 0.29) is 18.9 Å². The van der Waals surface area contributed by atoms with E-state index >= 15 is 0 Å². The van der Waals surface area contributed by atoms with Crippen molar-refractivity contribution in [3.8, 4) is 17.3 Å². The summed E-state index contributed by atoms with van der Waals surface area (Å²) < 4.78 is 5.33. The number of rotatable bonds is 6. The fourth-order valence-corrected chi connectivity index (χ4v) is 3.10. The zero-order chi connectivity index (χ0) is 20.8. The molecule has 2 aromatic carbocycles. The van der Waals surface area contributed by atoms with Crippen LogP contribution in [0.3, 0.4) is 0 Å². The molecule has 0 unspecified atom stereocenters. The molecule has 0 aliphatic heterocycles. The van der Waals surface area contributed by atoms with Crippen molar-refractivity contribution in [2.45, 2.75) is 13.3 Å². The van der Waals surface area contributed by atoms with Crippen LogP contribution in [0.5, 0.6) is 0 Å². The number of amides is 1. The highest BCUT2D eigenvalue weighted by Gasteiger charge is 2.21. The average Bonchev–Trinajstić information content (AvgIpc) is 2.75. The Labute approximate surface area is 169 Å². The summed E-state index contributed by atoms with van der Waals surface area (Å²) in [5, 5.41) is 9.32. The van der Waals surface area contributed by atoms with E-state index in [4.69, 9.17) is 15.0 Å². The minimum absolute atomic E-state index is 0.227. The molecule has 1 aromatic heterocycles. The van der Waals surface area contributed by atoms with Gasteiger partial charge in [0.15, 0.2) is 6.61 Å². The average molecular weight is 387 g/mol. The molecule has 3 aromatic rings. The van der Waals surface area contributed by atoms with Gasteiger partial charge in [0, 0.05) is 24.5 Å². The maximum Gasteiger partial charge on any atom is 0.339 e. The molecule has 1 heterocycles. The molecular formula is C23H21N3O3. The first-order valence-electron chi connectivity index (χ1n) is 9.25. The van der Waals surface area contributed by atoms with Gasteiger partial charge in [0.25, 0.3) is 5.91 Å². The van der Waals surface area contributed by atoms with Crippen molar-refractivity contribution < 1.29 is 14.3 Å². The highest BCUT2D eigenvalue weighted by molar-refractivity contribution is 6.06. The summed E-state index contributed by atoms with van der Waals surface area (Å²) in [6, 6.07) is 19.0. The van der Waals surface area contributed by atoms with Gasteiger partial charge < -0.3 is 9.64 Å². The van der Waals surface area contributed by atoms with E-state index in [1.165, 1.54) is 4.90 Å². The highest BCUT2D eigenvalue weighted by Crippen LogP contribution is 2.30. The summed E-state index contributed by atoms with van der Waals surface area (Å²) >= 11 is 0. The topological polar surface area (TPSA) is 83.3 Å². The molecule has 0 saturated heterocycles. The van der Waals surface area contributed by atoms with Crippen molar-refractivity contribution in [2.75, 3.05) is 20.2 Å². The Kier molecular flexibility index (Phi) is 6.20. The molecule has 0 radical (unpaired) electrons. The van der Waals surface area contributed by atoms with Gasteiger partial charge in [-0.05, 0) is 18.6 Å². The number of fused-ring (bicyclic) bond motifs is 1. The number of esters is 1. The first kappa shape index (κ1) is 20.0. The second kappa shape index (κ2) is 8.98. The van der Waals surface area contributed by atoms with Gasteiger partial charge >= 0.3 is 5.97 Å². The minimum atomic E-state index is -0.569. The lowest BCUT2D eigenvalue weighted by molar-refractivity contribution is -0.133. The van der Waals surface area contributed by atoms with Gasteiger partial charge in [0.1, 0.15) is 0 Å². The second-order valence-electron chi connectivity index (χ2n) is 6.64. The maximum absolute atomic E-state index is 12.9. The first-order valence-corrected chi connectivity index (χ1v) is 9.25. The smallest absolute Gasteiger partial charge is 0.339 e. The molecular weight excluding hydrogens is 366 g/mol. The summed E-state index contributed by atoms with van der Waals surface area (Å²) in [5.74, 6) is -0.923. The summed E-state index contributed by atoms with van der Waals surface area (Å²) in [6.07, 6.45) is 0.227. The number of pyridine rings is 1. The normalized spacial score (nSPS) is 10.4. The molecule has 0 atom stereocenters. The van der Waals surface area contributed by atoms with Crippen LogP contribution in [0.2, 0.25) is 0 Å². The lowest BCUT2D eigenvalue weighted by atomic mass is 9.98. The number of benzene rings is 2. The zero-order valence-electron chi connectivity index (χ0n) is 16.4. The van der Waals surface area contributed by atoms with E-state index in [0.29, 0.717) is 34.3 Å². The van der Waals surface area contributed by atoms with Gasteiger partial charge in [-0.15, -0.1) is 0 Å². The lowest BCUT2D eigenvalue weighted by Crippen LogP contribution is -2.32.